The number of hydrazine groups is 1. The third kappa shape index (κ3) is 4.75. The highest BCUT2D eigenvalue weighted by Crippen LogP contribution is 2.28. The molecule has 5 nitrogen and oxygen atoms in total. The van der Waals surface area contributed by atoms with Crippen LogP contribution in [0.4, 0.5) is 0 Å². The molecule has 2 aromatic carbocycles. The van der Waals surface area contributed by atoms with Crippen molar-refractivity contribution in [2.24, 2.45) is 5.73 Å². The number of rotatable bonds is 6. The van der Waals surface area contributed by atoms with E-state index in [1.54, 1.807) is 13.3 Å². The molecule has 4 N–H and O–H groups in total. The second kappa shape index (κ2) is 7.99. The van der Waals surface area contributed by atoms with Crippen LogP contribution in [0.5, 0.6) is 11.5 Å². The number of hydrogen-bond donors (Lipinski definition) is 3. The highest BCUT2D eigenvalue weighted by molar-refractivity contribution is 7.80. The molecule has 0 amide bonds. The van der Waals surface area contributed by atoms with Gasteiger partial charge < -0.3 is 15.2 Å². The summed E-state index contributed by atoms with van der Waals surface area (Å²) in [5.74, 6) is 1.34. The van der Waals surface area contributed by atoms with Crippen molar-refractivity contribution in [1.82, 2.24) is 5.43 Å². The molecule has 6 heteroatoms. The van der Waals surface area contributed by atoms with Crippen molar-refractivity contribution in [1.29, 1.82) is 0 Å². The number of hydrazone groups is 1. The van der Waals surface area contributed by atoms with Crippen molar-refractivity contribution in [2.75, 3.05) is 7.11 Å². The van der Waals surface area contributed by atoms with E-state index in [0.29, 0.717) is 18.1 Å². The highest BCUT2D eigenvalue weighted by Gasteiger charge is 2.06. The van der Waals surface area contributed by atoms with E-state index in [1.165, 1.54) is 0 Å². The van der Waals surface area contributed by atoms with Gasteiger partial charge in [0.05, 0.1) is 7.11 Å². The van der Waals surface area contributed by atoms with Gasteiger partial charge in [0.2, 0.25) is 5.11 Å². The van der Waals surface area contributed by atoms with Gasteiger partial charge in [-0.05, 0) is 36.0 Å². The first-order chi connectivity index (χ1) is 10.7. The summed E-state index contributed by atoms with van der Waals surface area (Å²) in [7, 11) is 1.61. The fraction of sp³-hybridized carbons (Fsp3) is 0.125. The molecule has 0 fully saturated rings. The predicted molar refractivity (Wildman–Crippen MR) is 89.8 cm³/mol. The fourth-order valence-corrected chi connectivity index (χ4v) is 1.88. The number of ether oxygens (including phenoxy) is 2. The number of methoxy groups -OCH3 is 1. The normalized spacial score (nSPS) is 10.4. The van der Waals surface area contributed by atoms with E-state index in [-0.39, 0.29) is 5.11 Å². The minimum Gasteiger partial charge on any atom is -0.493 e. The van der Waals surface area contributed by atoms with Gasteiger partial charge in [0.25, 0.3) is 0 Å². The molecular weight excluding hydrogens is 298 g/mol. The summed E-state index contributed by atoms with van der Waals surface area (Å²) < 4.78 is 11.2. The Kier molecular flexibility index (Phi) is 5.73. The second-order valence-electron chi connectivity index (χ2n) is 4.46. The first kappa shape index (κ1) is 15.8. The van der Waals surface area contributed by atoms with Gasteiger partial charge in [-0.3, -0.25) is 0 Å². The Balaban J connectivity index is 2.05. The molecule has 0 atom stereocenters. The summed E-state index contributed by atoms with van der Waals surface area (Å²) in [6.07, 6.45) is 1.72. The quantitative estimate of drug-likeness (QED) is 0.412. The molecule has 0 bridgehead atoms. The topological polar surface area (TPSA) is 70.5 Å². The van der Waals surface area contributed by atoms with Crippen LogP contribution in [0.3, 0.4) is 0 Å². The summed E-state index contributed by atoms with van der Waals surface area (Å²) in [6.45, 7) is 0.488. The Bertz CT molecular complexity index is 660. The highest BCUT2D eigenvalue weighted by atomic mass is 32.1. The summed E-state index contributed by atoms with van der Waals surface area (Å²) in [5.41, 5.74) is 9.94. The van der Waals surface area contributed by atoms with E-state index < -0.39 is 0 Å². The van der Waals surface area contributed by atoms with E-state index in [2.05, 4.69) is 10.5 Å². The number of thiocarbonyl (C=S) groups is 1. The number of hydrogen-bond acceptors (Lipinski definition) is 3. The van der Waals surface area contributed by atoms with Crippen LogP contribution in [-0.4, -0.2) is 18.4 Å². The lowest BCUT2D eigenvalue weighted by Gasteiger charge is -2.10. The average molecular weight is 316 g/mol. The maximum absolute atomic E-state index is 5.80. The van der Waals surface area contributed by atoms with Crippen molar-refractivity contribution in [2.45, 2.75) is 6.61 Å². The molecule has 114 valence electrons. The number of nitrogens with two attached hydrogens (primary N) is 1. The van der Waals surface area contributed by atoms with Gasteiger partial charge in [-0.25, -0.2) is 0 Å². The Morgan fingerprint density at radius 3 is 2.68 bits per heavy atom. The van der Waals surface area contributed by atoms with Crippen LogP contribution in [0.1, 0.15) is 11.1 Å². The van der Waals surface area contributed by atoms with Gasteiger partial charge in [-0.2, -0.15) is 0 Å². The molecule has 2 aromatic rings. The maximum atomic E-state index is 5.80. The van der Waals surface area contributed by atoms with Crippen LogP contribution in [0.15, 0.2) is 48.5 Å². The van der Waals surface area contributed by atoms with E-state index >= 15 is 0 Å². The summed E-state index contributed by atoms with van der Waals surface area (Å²) in [5, 5.41) is 2.96. The SMILES string of the molecule is COc1cc(C=[NH+]NC(N)=S)ccc1OCc1ccccc1. The Labute approximate surface area is 134 Å². The predicted octanol–water partition coefficient (Wildman–Crippen LogP) is 0.522. The van der Waals surface area contributed by atoms with Crippen molar-refractivity contribution >= 4 is 23.5 Å². The first-order valence-corrected chi connectivity index (χ1v) is 7.09. The van der Waals surface area contributed by atoms with Crippen LogP contribution in [0.25, 0.3) is 0 Å². The Hall–Kier alpha value is -2.60. The smallest absolute Gasteiger partial charge is 0.221 e. The monoisotopic (exact) mass is 316 g/mol. The molecule has 0 radical (unpaired) electrons. The van der Waals surface area contributed by atoms with E-state index in [4.69, 9.17) is 27.4 Å². The lowest BCUT2D eigenvalue weighted by Crippen LogP contribution is -2.82. The zero-order valence-corrected chi connectivity index (χ0v) is 13.0. The Morgan fingerprint density at radius 1 is 1.23 bits per heavy atom. The van der Waals surface area contributed by atoms with Gasteiger partial charge in [0, 0.05) is 5.56 Å². The van der Waals surface area contributed by atoms with Gasteiger partial charge in [-0.1, -0.05) is 30.3 Å². The zero-order valence-electron chi connectivity index (χ0n) is 12.2. The van der Waals surface area contributed by atoms with E-state index in [0.717, 1.165) is 11.1 Å². The molecule has 0 heterocycles. The van der Waals surface area contributed by atoms with Crippen molar-refractivity contribution in [3.63, 3.8) is 0 Å². The van der Waals surface area contributed by atoms with Crippen LogP contribution < -0.4 is 25.7 Å². The largest absolute Gasteiger partial charge is 0.493 e. The van der Waals surface area contributed by atoms with Crippen LogP contribution in [-0.2, 0) is 6.61 Å². The number of nitrogens with one attached hydrogen (secondary N) is 2. The van der Waals surface area contributed by atoms with Crippen molar-refractivity contribution in [3.8, 4) is 11.5 Å². The third-order valence-corrected chi connectivity index (χ3v) is 2.96. The summed E-state index contributed by atoms with van der Waals surface area (Å²) in [6, 6.07) is 15.6. The van der Waals surface area contributed by atoms with E-state index in [9.17, 15) is 0 Å². The molecule has 22 heavy (non-hydrogen) atoms. The molecular formula is C16H18N3O2S+. The lowest BCUT2D eigenvalue weighted by atomic mass is 10.2. The molecule has 0 aliphatic carbocycles. The van der Waals surface area contributed by atoms with Crippen LogP contribution >= 0.6 is 12.2 Å². The molecule has 0 spiro atoms. The second-order valence-corrected chi connectivity index (χ2v) is 4.90. The molecule has 0 aliphatic heterocycles. The summed E-state index contributed by atoms with van der Waals surface area (Å²) in [4.78, 5) is 0. The molecule has 0 unspecified atom stereocenters. The Morgan fingerprint density at radius 2 is 2.00 bits per heavy atom. The minimum atomic E-state index is 0.172. The molecule has 0 saturated carbocycles. The van der Waals surface area contributed by atoms with Gasteiger partial charge in [0.1, 0.15) is 6.61 Å². The molecule has 0 saturated heterocycles. The first-order valence-electron chi connectivity index (χ1n) is 6.68. The zero-order chi connectivity index (χ0) is 15.8. The summed E-state index contributed by atoms with van der Waals surface area (Å²) >= 11 is 4.70. The van der Waals surface area contributed by atoms with Gasteiger partial charge >= 0.3 is 0 Å². The lowest BCUT2D eigenvalue weighted by molar-refractivity contribution is -0.499. The van der Waals surface area contributed by atoms with Crippen molar-refractivity contribution < 1.29 is 14.6 Å². The van der Waals surface area contributed by atoms with E-state index in [1.807, 2.05) is 48.5 Å². The fourth-order valence-electron chi connectivity index (χ4n) is 1.82. The van der Waals surface area contributed by atoms with Gasteiger partial charge in [-0.15, -0.1) is 10.5 Å². The van der Waals surface area contributed by atoms with Crippen LogP contribution in [0.2, 0.25) is 0 Å². The third-order valence-electron chi connectivity index (χ3n) is 2.86. The van der Waals surface area contributed by atoms with Gasteiger partial charge in [0.15, 0.2) is 17.7 Å². The molecule has 0 aliphatic rings. The number of benzene rings is 2. The minimum absolute atomic E-state index is 0.172. The standard InChI is InChI=1S/C16H17N3O2S/c1-20-15-9-13(10-18-19-16(17)22)7-8-14(15)21-11-12-5-3-2-4-6-12/h2-10H,11H2,1H3,(H3,17,19,22)/p+1. The maximum Gasteiger partial charge on any atom is 0.221 e. The average Bonchev–Trinajstić information content (AvgIpc) is 2.54. The van der Waals surface area contributed by atoms with Crippen LogP contribution in [0, 0.1) is 0 Å². The molecule has 2 rings (SSSR count). The molecule has 0 aromatic heterocycles. The van der Waals surface area contributed by atoms with Crippen molar-refractivity contribution in [3.05, 3.63) is 59.7 Å².